The molecule has 29 heavy (non-hydrogen) atoms. The number of amides is 2. The zero-order chi connectivity index (χ0) is 20.6. The molecule has 1 saturated heterocycles. The van der Waals surface area contributed by atoms with Crippen molar-refractivity contribution in [3.63, 3.8) is 0 Å². The lowest BCUT2D eigenvalue weighted by Gasteiger charge is -2.52. The Bertz CT molecular complexity index is 951. The second kappa shape index (κ2) is 7.85. The predicted octanol–water partition coefficient (Wildman–Crippen LogP) is 2.93. The average molecular weight is 487 g/mol. The van der Waals surface area contributed by atoms with E-state index < -0.39 is 17.5 Å². The number of hydrogen-bond donors (Lipinski definition) is 4. The van der Waals surface area contributed by atoms with Crippen LogP contribution in [0, 0.1) is 5.41 Å². The van der Waals surface area contributed by atoms with Gasteiger partial charge in [-0.3, -0.25) is 25.5 Å². The molecule has 1 aromatic heterocycles. The molecule has 10 heteroatoms. The molecule has 1 spiro atoms. The number of nitrogens with one attached hydrogen (secondary N) is 4. The minimum atomic E-state index is -1.91. The van der Waals surface area contributed by atoms with Gasteiger partial charge in [0.1, 0.15) is 0 Å². The molecule has 2 aromatic rings. The van der Waals surface area contributed by atoms with Gasteiger partial charge in [-0.05, 0) is 71.6 Å². The van der Waals surface area contributed by atoms with Gasteiger partial charge in [0.2, 0.25) is 5.91 Å². The maximum Gasteiger partial charge on any atom is 0.276 e. The number of H-pyrrole nitrogens is 1. The third-order valence-corrected chi connectivity index (χ3v) is 7.17. The number of rotatable bonds is 4. The van der Waals surface area contributed by atoms with Gasteiger partial charge in [-0.25, -0.2) is 4.39 Å². The normalized spacial score (nSPS) is 26.3. The van der Waals surface area contributed by atoms with Gasteiger partial charge in [-0.1, -0.05) is 11.6 Å². The summed E-state index contributed by atoms with van der Waals surface area (Å²) in [5.74, 6) is -1.19. The van der Waals surface area contributed by atoms with Crippen molar-refractivity contribution in [2.24, 2.45) is 5.41 Å². The SMILES string of the molecule is O=C(CCc1c(Cl)cc2[nH]ncc2c1Br)NNC(=O)C1(F)CC2(CCCNC2)C1. The minimum absolute atomic E-state index is 0.0924. The number of fused-ring (bicyclic) bond motifs is 1. The summed E-state index contributed by atoms with van der Waals surface area (Å²) in [5, 5.41) is 11.5. The number of hydrogen-bond acceptors (Lipinski definition) is 4. The predicted molar refractivity (Wildman–Crippen MR) is 111 cm³/mol. The Morgan fingerprint density at radius 3 is 2.86 bits per heavy atom. The molecule has 2 amide bonds. The number of aromatic amines is 1. The third kappa shape index (κ3) is 4.00. The molecule has 1 aromatic carbocycles. The van der Waals surface area contributed by atoms with Crippen LogP contribution in [-0.4, -0.2) is 40.8 Å². The molecule has 0 unspecified atom stereocenters. The van der Waals surface area contributed by atoms with Crippen LogP contribution in [0.15, 0.2) is 16.7 Å². The van der Waals surface area contributed by atoms with Crippen LogP contribution in [0.1, 0.15) is 37.7 Å². The molecular weight excluding hydrogens is 465 g/mol. The molecule has 0 atom stereocenters. The molecule has 1 aliphatic carbocycles. The maximum atomic E-state index is 14.8. The average Bonchev–Trinajstić information content (AvgIpc) is 3.14. The number of benzene rings is 1. The Labute approximate surface area is 180 Å². The van der Waals surface area contributed by atoms with E-state index >= 15 is 0 Å². The van der Waals surface area contributed by atoms with Crippen LogP contribution in [0.4, 0.5) is 4.39 Å². The van der Waals surface area contributed by atoms with E-state index in [-0.39, 0.29) is 24.7 Å². The largest absolute Gasteiger partial charge is 0.316 e. The highest BCUT2D eigenvalue weighted by molar-refractivity contribution is 9.10. The van der Waals surface area contributed by atoms with Gasteiger partial charge < -0.3 is 5.32 Å². The van der Waals surface area contributed by atoms with Crippen LogP contribution in [0.25, 0.3) is 10.9 Å². The number of carbonyl (C=O) groups is 2. The molecule has 2 heterocycles. The van der Waals surface area contributed by atoms with Crippen molar-refractivity contribution >= 4 is 50.2 Å². The molecular formula is C19H22BrClFN5O2. The van der Waals surface area contributed by atoms with Crippen molar-refractivity contribution in [1.82, 2.24) is 26.4 Å². The molecule has 1 aliphatic heterocycles. The number of piperidine rings is 1. The van der Waals surface area contributed by atoms with E-state index in [9.17, 15) is 14.0 Å². The number of halogens is 3. The first-order valence-corrected chi connectivity index (χ1v) is 10.8. The molecule has 0 radical (unpaired) electrons. The molecule has 4 rings (SSSR count). The van der Waals surface area contributed by atoms with Crippen molar-refractivity contribution in [3.05, 3.63) is 27.3 Å². The van der Waals surface area contributed by atoms with E-state index in [2.05, 4.69) is 42.3 Å². The van der Waals surface area contributed by atoms with E-state index in [1.807, 2.05) is 0 Å². The van der Waals surface area contributed by atoms with Crippen molar-refractivity contribution in [2.75, 3.05) is 13.1 Å². The molecule has 0 bridgehead atoms. The lowest BCUT2D eigenvalue weighted by molar-refractivity contribution is -0.155. The molecule has 156 valence electrons. The van der Waals surface area contributed by atoms with Gasteiger partial charge in [-0.2, -0.15) is 5.10 Å². The van der Waals surface area contributed by atoms with Crippen LogP contribution >= 0.6 is 27.5 Å². The number of hydrazine groups is 1. The quantitative estimate of drug-likeness (QED) is 0.499. The maximum absolute atomic E-state index is 14.8. The van der Waals surface area contributed by atoms with Gasteiger partial charge in [0.25, 0.3) is 5.91 Å². The third-order valence-electron chi connectivity index (χ3n) is 5.93. The standard InChI is InChI=1S/C19H22BrClFN5O2/c20-16-11(13(21)6-14-12(16)7-24-25-14)2-3-15(28)26-27-17(29)19(22)8-18(9-19)4-1-5-23-10-18/h6-7,23H,1-5,8-10H2,(H,24,25)(H,26,28)(H,27,29). The van der Waals surface area contributed by atoms with Crippen LogP contribution in [-0.2, 0) is 16.0 Å². The van der Waals surface area contributed by atoms with Crippen molar-refractivity contribution in [2.45, 2.75) is 44.2 Å². The molecule has 1 saturated carbocycles. The summed E-state index contributed by atoms with van der Waals surface area (Å²) >= 11 is 9.80. The number of nitrogens with zero attached hydrogens (tertiary/aromatic N) is 1. The van der Waals surface area contributed by atoms with E-state index in [0.717, 1.165) is 46.9 Å². The zero-order valence-electron chi connectivity index (χ0n) is 15.7. The van der Waals surface area contributed by atoms with Crippen LogP contribution < -0.4 is 16.2 Å². The second-order valence-corrected chi connectivity index (χ2v) is 9.28. The highest BCUT2D eigenvalue weighted by Gasteiger charge is 2.59. The van der Waals surface area contributed by atoms with E-state index in [0.29, 0.717) is 11.4 Å². The molecule has 2 fully saturated rings. The zero-order valence-corrected chi connectivity index (χ0v) is 18.1. The summed E-state index contributed by atoms with van der Waals surface area (Å²) in [6.07, 6.45) is 4.45. The Balaban J connectivity index is 1.28. The first-order chi connectivity index (χ1) is 13.8. The summed E-state index contributed by atoms with van der Waals surface area (Å²) in [6.45, 7) is 1.69. The first kappa shape index (κ1) is 20.6. The second-order valence-electron chi connectivity index (χ2n) is 8.08. The smallest absolute Gasteiger partial charge is 0.276 e. The summed E-state index contributed by atoms with van der Waals surface area (Å²) in [5.41, 5.74) is 4.10. The Morgan fingerprint density at radius 2 is 2.14 bits per heavy atom. The van der Waals surface area contributed by atoms with E-state index in [1.165, 1.54) is 0 Å². The Hall–Kier alpha value is -1.71. The van der Waals surface area contributed by atoms with Crippen molar-refractivity contribution in [3.8, 4) is 0 Å². The first-order valence-electron chi connectivity index (χ1n) is 9.61. The molecule has 2 aliphatic rings. The minimum Gasteiger partial charge on any atom is -0.316 e. The van der Waals surface area contributed by atoms with Gasteiger partial charge in [0.05, 0.1) is 11.7 Å². The topological polar surface area (TPSA) is 98.9 Å². The molecule has 4 N–H and O–H groups in total. The van der Waals surface area contributed by atoms with Crippen LogP contribution in [0.2, 0.25) is 5.02 Å². The summed E-state index contributed by atoms with van der Waals surface area (Å²) in [7, 11) is 0. The van der Waals surface area contributed by atoms with Gasteiger partial charge in [0.15, 0.2) is 5.67 Å². The fourth-order valence-corrected chi connectivity index (χ4v) is 5.60. The van der Waals surface area contributed by atoms with Gasteiger partial charge in [0, 0.05) is 27.8 Å². The number of aromatic nitrogens is 2. The summed E-state index contributed by atoms with van der Waals surface area (Å²) in [4.78, 5) is 24.4. The van der Waals surface area contributed by atoms with Gasteiger partial charge >= 0.3 is 0 Å². The van der Waals surface area contributed by atoms with Gasteiger partial charge in [-0.15, -0.1) is 0 Å². The lowest BCUT2D eigenvalue weighted by Crippen LogP contribution is -2.63. The van der Waals surface area contributed by atoms with Crippen LogP contribution in [0.5, 0.6) is 0 Å². The summed E-state index contributed by atoms with van der Waals surface area (Å²) in [6, 6.07) is 1.75. The molecule has 7 nitrogen and oxygen atoms in total. The lowest BCUT2D eigenvalue weighted by atomic mass is 9.57. The van der Waals surface area contributed by atoms with E-state index in [4.69, 9.17) is 11.6 Å². The number of alkyl halides is 1. The monoisotopic (exact) mass is 485 g/mol. The fraction of sp³-hybridized carbons (Fsp3) is 0.526. The fourth-order valence-electron chi connectivity index (χ4n) is 4.46. The summed E-state index contributed by atoms with van der Waals surface area (Å²) < 4.78 is 15.6. The Morgan fingerprint density at radius 1 is 1.34 bits per heavy atom. The van der Waals surface area contributed by atoms with Crippen molar-refractivity contribution < 1.29 is 14.0 Å². The highest BCUT2D eigenvalue weighted by atomic mass is 79.9. The van der Waals surface area contributed by atoms with E-state index in [1.54, 1.807) is 12.3 Å². The number of carbonyl (C=O) groups excluding carboxylic acids is 2. The van der Waals surface area contributed by atoms with Crippen molar-refractivity contribution in [1.29, 1.82) is 0 Å². The highest BCUT2D eigenvalue weighted by Crippen LogP contribution is 2.54. The Kier molecular flexibility index (Phi) is 5.56. The van der Waals surface area contributed by atoms with Crippen LogP contribution in [0.3, 0.4) is 0 Å².